The number of aromatic nitrogens is 2. The number of anilines is 1. The monoisotopic (exact) mass is 350 g/mol. The van der Waals surface area contributed by atoms with E-state index in [1.54, 1.807) is 16.2 Å². The number of benzene rings is 2. The molecule has 134 valence electrons. The lowest BCUT2D eigenvalue weighted by Gasteiger charge is -2.36. The van der Waals surface area contributed by atoms with E-state index in [0.717, 1.165) is 24.1 Å². The number of rotatable bonds is 3. The van der Waals surface area contributed by atoms with Crippen molar-refractivity contribution >= 4 is 22.6 Å². The standard InChI is InChI=1S/C20H22N4O2/c1-21-17-9-5-6-10-18(17)24(20(21)26)15-19(25)23-13-11-22(12-14-23)16-7-3-2-4-8-16/h2-10H,11-15H2,1H3. The lowest BCUT2D eigenvalue weighted by Crippen LogP contribution is -2.50. The number of imidazole rings is 1. The van der Waals surface area contributed by atoms with Gasteiger partial charge in [-0.1, -0.05) is 30.3 Å². The minimum atomic E-state index is -0.150. The Bertz CT molecular complexity index is 982. The number of hydrogen-bond acceptors (Lipinski definition) is 3. The van der Waals surface area contributed by atoms with E-state index in [9.17, 15) is 9.59 Å². The molecule has 0 radical (unpaired) electrons. The predicted octanol–water partition coefficient (Wildman–Crippen LogP) is 1.69. The number of amides is 1. The summed E-state index contributed by atoms with van der Waals surface area (Å²) in [7, 11) is 1.74. The first-order chi connectivity index (χ1) is 12.6. The highest BCUT2D eigenvalue weighted by Crippen LogP contribution is 2.16. The molecule has 4 rings (SSSR count). The molecule has 0 spiro atoms. The molecule has 0 atom stereocenters. The van der Waals surface area contributed by atoms with Gasteiger partial charge in [-0.25, -0.2) is 4.79 Å². The summed E-state index contributed by atoms with van der Waals surface area (Å²) in [4.78, 5) is 29.4. The fourth-order valence-corrected chi connectivity index (χ4v) is 3.60. The van der Waals surface area contributed by atoms with Crippen molar-refractivity contribution < 1.29 is 4.79 Å². The van der Waals surface area contributed by atoms with Gasteiger partial charge in [0.05, 0.1) is 11.0 Å². The molecule has 1 aliphatic rings. The molecule has 3 aromatic rings. The van der Waals surface area contributed by atoms with Gasteiger partial charge < -0.3 is 9.80 Å². The van der Waals surface area contributed by atoms with Crippen LogP contribution in [-0.4, -0.2) is 46.1 Å². The van der Waals surface area contributed by atoms with Gasteiger partial charge in [-0.05, 0) is 24.3 Å². The highest BCUT2D eigenvalue weighted by atomic mass is 16.2. The van der Waals surface area contributed by atoms with E-state index in [4.69, 9.17) is 0 Å². The summed E-state index contributed by atoms with van der Waals surface area (Å²) in [6.07, 6.45) is 0. The maximum Gasteiger partial charge on any atom is 0.329 e. The molecule has 2 aromatic carbocycles. The summed E-state index contributed by atoms with van der Waals surface area (Å²) in [5.41, 5.74) is 2.68. The average molecular weight is 350 g/mol. The Kier molecular flexibility index (Phi) is 4.24. The molecule has 0 unspecified atom stereocenters. The van der Waals surface area contributed by atoms with Gasteiger partial charge in [-0.3, -0.25) is 13.9 Å². The lowest BCUT2D eigenvalue weighted by atomic mass is 10.2. The van der Waals surface area contributed by atoms with E-state index in [0.29, 0.717) is 13.1 Å². The SMILES string of the molecule is Cn1c(=O)n(CC(=O)N2CCN(c3ccccc3)CC2)c2ccccc21. The van der Waals surface area contributed by atoms with Gasteiger partial charge in [-0.15, -0.1) is 0 Å². The molecular weight excluding hydrogens is 328 g/mol. The van der Waals surface area contributed by atoms with Crippen molar-refractivity contribution in [2.75, 3.05) is 31.1 Å². The Morgan fingerprint density at radius 2 is 1.50 bits per heavy atom. The van der Waals surface area contributed by atoms with Gasteiger partial charge in [0.25, 0.3) is 0 Å². The van der Waals surface area contributed by atoms with E-state index < -0.39 is 0 Å². The zero-order valence-electron chi connectivity index (χ0n) is 14.8. The van der Waals surface area contributed by atoms with E-state index in [2.05, 4.69) is 17.0 Å². The van der Waals surface area contributed by atoms with Gasteiger partial charge in [0, 0.05) is 38.9 Å². The predicted molar refractivity (Wildman–Crippen MR) is 102 cm³/mol. The van der Waals surface area contributed by atoms with Crippen LogP contribution < -0.4 is 10.6 Å². The highest BCUT2D eigenvalue weighted by Gasteiger charge is 2.23. The summed E-state index contributed by atoms with van der Waals surface area (Å²) in [6.45, 7) is 3.05. The van der Waals surface area contributed by atoms with Gasteiger partial charge in [0.15, 0.2) is 0 Å². The summed E-state index contributed by atoms with van der Waals surface area (Å²) in [6, 6.07) is 17.8. The van der Waals surface area contributed by atoms with Crippen molar-refractivity contribution in [3.8, 4) is 0 Å². The molecule has 1 amide bonds. The van der Waals surface area contributed by atoms with Gasteiger partial charge >= 0.3 is 5.69 Å². The zero-order chi connectivity index (χ0) is 18.1. The van der Waals surface area contributed by atoms with Gasteiger partial charge in [0.2, 0.25) is 5.91 Å². The second-order valence-electron chi connectivity index (χ2n) is 6.62. The molecular formula is C20H22N4O2. The first-order valence-corrected chi connectivity index (χ1v) is 8.87. The van der Waals surface area contributed by atoms with Crippen LogP contribution in [0.3, 0.4) is 0 Å². The minimum absolute atomic E-state index is 0.00355. The number of nitrogens with zero attached hydrogens (tertiary/aromatic N) is 4. The lowest BCUT2D eigenvalue weighted by molar-refractivity contribution is -0.132. The van der Waals surface area contributed by atoms with E-state index >= 15 is 0 Å². The minimum Gasteiger partial charge on any atom is -0.368 e. The number of aryl methyl sites for hydroxylation is 1. The third-order valence-corrected chi connectivity index (χ3v) is 5.10. The largest absolute Gasteiger partial charge is 0.368 e. The van der Waals surface area contributed by atoms with Gasteiger partial charge in [-0.2, -0.15) is 0 Å². The Hall–Kier alpha value is -3.02. The molecule has 26 heavy (non-hydrogen) atoms. The summed E-state index contributed by atoms with van der Waals surface area (Å²) < 4.78 is 3.16. The molecule has 0 N–H and O–H groups in total. The molecule has 6 nitrogen and oxygen atoms in total. The molecule has 0 saturated carbocycles. The van der Waals surface area contributed by atoms with Crippen molar-refractivity contribution in [3.63, 3.8) is 0 Å². The van der Waals surface area contributed by atoms with Crippen LogP contribution in [0.2, 0.25) is 0 Å². The molecule has 1 aliphatic heterocycles. The van der Waals surface area contributed by atoms with Crippen LogP contribution in [0.15, 0.2) is 59.4 Å². The first-order valence-electron chi connectivity index (χ1n) is 8.87. The van der Waals surface area contributed by atoms with Crippen LogP contribution >= 0.6 is 0 Å². The maximum atomic E-state index is 12.8. The quantitative estimate of drug-likeness (QED) is 0.722. The molecule has 0 bridgehead atoms. The fourth-order valence-electron chi connectivity index (χ4n) is 3.60. The Morgan fingerprint density at radius 3 is 2.19 bits per heavy atom. The normalized spacial score (nSPS) is 14.8. The number of para-hydroxylation sites is 3. The first kappa shape index (κ1) is 16.4. The van der Waals surface area contributed by atoms with E-state index in [-0.39, 0.29) is 18.1 Å². The smallest absolute Gasteiger partial charge is 0.329 e. The van der Waals surface area contributed by atoms with Gasteiger partial charge in [0.1, 0.15) is 6.54 Å². The third-order valence-electron chi connectivity index (χ3n) is 5.10. The number of piperazine rings is 1. The molecule has 1 fully saturated rings. The molecule has 2 heterocycles. The van der Waals surface area contributed by atoms with Crippen LogP contribution in [0.4, 0.5) is 5.69 Å². The average Bonchev–Trinajstić information content (AvgIpc) is 2.94. The number of fused-ring (bicyclic) bond motifs is 1. The molecule has 1 aromatic heterocycles. The molecule has 1 saturated heterocycles. The summed E-state index contributed by atoms with van der Waals surface area (Å²) >= 11 is 0. The fraction of sp³-hybridized carbons (Fsp3) is 0.300. The summed E-state index contributed by atoms with van der Waals surface area (Å²) in [5, 5.41) is 0. The highest BCUT2D eigenvalue weighted by molar-refractivity contribution is 5.81. The van der Waals surface area contributed by atoms with Crippen molar-refractivity contribution in [1.82, 2.24) is 14.0 Å². The Balaban J connectivity index is 1.47. The van der Waals surface area contributed by atoms with Crippen LogP contribution in [0.1, 0.15) is 0 Å². The number of carbonyl (C=O) groups excluding carboxylic acids is 1. The van der Waals surface area contributed by atoms with Crippen LogP contribution in [0, 0.1) is 0 Å². The second-order valence-corrected chi connectivity index (χ2v) is 6.62. The zero-order valence-corrected chi connectivity index (χ0v) is 14.8. The van der Waals surface area contributed by atoms with Crippen molar-refractivity contribution in [2.24, 2.45) is 7.05 Å². The summed E-state index contributed by atoms with van der Waals surface area (Å²) in [5.74, 6) is -0.00355. The number of carbonyl (C=O) groups is 1. The van der Waals surface area contributed by atoms with Crippen molar-refractivity contribution in [1.29, 1.82) is 0 Å². The molecule has 0 aliphatic carbocycles. The maximum absolute atomic E-state index is 12.8. The topological polar surface area (TPSA) is 50.5 Å². The Morgan fingerprint density at radius 1 is 0.885 bits per heavy atom. The van der Waals surface area contributed by atoms with E-state index in [1.807, 2.05) is 47.4 Å². The van der Waals surface area contributed by atoms with Crippen molar-refractivity contribution in [2.45, 2.75) is 6.54 Å². The van der Waals surface area contributed by atoms with Crippen molar-refractivity contribution in [3.05, 3.63) is 65.1 Å². The molecule has 6 heteroatoms. The van der Waals surface area contributed by atoms with Crippen LogP contribution in [-0.2, 0) is 18.4 Å². The van der Waals surface area contributed by atoms with Crippen LogP contribution in [0.25, 0.3) is 11.0 Å². The second kappa shape index (κ2) is 6.71. The number of hydrogen-bond donors (Lipinski definition) is 0. The Labute approximate surface area is 151 Å². The third kappa shape index (κ3) is 2.87. The van der Waals surface area contributed by atoms with E-state index in [1.165, 1.54) is 5.69 Å². The van der Waals surface area contributed by atoms with Crippen LogP contribution in [0.5, 0.6) is 0 Å².